The Morgan fingerprint density at radius 1 is 1.00 bits per heavy atom. The van der Waals surface area contributed by atoms with E-state index in [1.54, 1.807) is 0 Å². The minimum absolute atomic E-state index is 0.0699. The van der Waals surface area contributed by atoms with Crippen LogP contribution < -0.4 is 0 Å². The Labute approximate surface area is 136 Å². The zero-order valence-corrected chi connectivity index (χ0v) is 15.1. The molecular weight excluding hydrogens is 272 g/mol. The lowest BCUT2D eigenvalue weighted by atomic mass is 9.44. The fraction of sp³-hybridized carbons (Fsp3) is 0.900. The van der Waals surface area contributed by atoms with Gasteiger partial charge in [-0.3, -0.25) is 0 Å². The molecular formula is C20H34O2. The molecule has 3 aliphatic rings. The SMILES string of the molecule is C=C[C@@]1(C)CC[C@@H]2[C@@]3(C)C[C@H](O)CC(C)(C)[C@@H]3CC[C@@]2(C)O1. The molecule has 3 rings (SSSR count). The van der Waals surface area contributed by atoms with Crippen molar-refractivity contribution in [3.8, 4) is 0 Å². The first kappa shape index (κ1) is 16.5. The van der Waals surface area contributed by atoms with Gasteiger partial charge in [0.1, 0.15) is 0 Å². The van der Waals surface area contributed by atoms with E-state index in [4.69, 9.17) is 4.74 Å². The zero-order chi connectivity index (χ0) is 16.4. The van der Waals surface area contributed by atoms with Crippen LogP contribution in [-0.4, -0.2) is 22.4 Å². The van der Waals surface area contributed by atoms with Crippen molar-refractivity contribution in [2.45, 2.75) is 90.4 Å². The Morgan fingerprint density at radius 2 is 1.64 bits per heavy atom. The summed E-state index contributed by atoms with van der Waals surface area (Å²) >= 11 is 0. The van der Waals surface area contributed by atoms with Crippen molar-refractivity contribution in [2.24, 2.45) is 22.7 Å². The monoisotopic (exact) mass is 306 g/mol. The largest absolute Gasteiger partial charge is 0.393 e. The number of aliphatic hydroxyl groups excluding tert-OH is 1. The van der Waals surface area contributed by atoms with Gasteiger partial charge >= 0.3 is 0 Å². The lowest BCUT2D eigenvalue weighted by molar-refractivity contribution is -0.260. The quantitative estimate of drug-likeness (QED) is 0.711. The van der Waals surface area contributed by atoms with Crippen LogP contribution in [0.25, 0.3) is 0 Å². The van der Waals surface area contributed by atoms with Gasteiger partial charge in [-0.2, -0.15) is 0 Å². The number of fused-ring (bicyclic) bond motifs is 3. The van der Waals surface area contributed by atoms with Crippen LogP contribution in [0.15, 0.2) is 12.7 Å². The van der Waals surface area contributed by atoms with Crippen molar-refractivity contribution in [2.75, 3.05) is 0 Å². The van der Waals surface area contributed by atoms with Gasteiger partial charge in [0.05, 0.1) is 17.3 Å². The van der Waals surface area contributed by atoms with Crippen molar-refractivity contribution in [3.63, 3.8) is 0 Å². The highest BCUT2D eigenvalue weighted by atomic mass is 16.5. The second-order valence-corrected chi connectivity index (χ2v) is 9.67. The van der Waals surface area contributed by atoms with Gasteiger partial charge in [-0.1, -0.05) is 26.8 Å². The van der Waals surface area contributed by atoms with E-state index in [-0.39, 0.29) is 28.1 Å². The number of aliphatic hydroxyl groups is 1. The summed E-state index contributed by atoms with van der Waals surface area (Å²) < 4.78 is 6.63. The summed E-state index contributed by atoms with van der Waals surface area (Å²) in [7, 11) is 0. The van der Waals surface area contributed by atoms with Gasteiger partial charge in [0.25, 0.3) is 0 Å². The lowest BCUT2D eigenvalue weighted by Crippen LogP contribution is -2.63. The summed E-state index contributed by atoms with van der Waals surface area (Å²) in [6.45, 7) is 15.6. The van der Waals surface area contributed by atoms with Gasteiger partial charge in [-0.05, 0) is 75.0 Å². The van der Waals surface area contributed by atoms with Gasteiger partial charge < -0.3 is 9.84 Å². The lowest BCUT2D eigenvalue weighted by Gasteiger charge is -2.65. The summed E-state index contributed by atoms with van der Waals surface area (Å²) in [5.74, 6) is 1.24. The highest BCUT2D eigenvalue weighted by molar-refractivity contribution is 5.13. The Balaban J connectivity index is 1.97. The maximum atomic E-state index is 10.5. The molecule has 2 nitrogen and oxygen atoms in total. The van der Waals surface area contributed by atoms with E-state index in [2.05, 4.69) is 41.2 Å². The maximum Gasteiger partial charge on any atom is 0.0839 e. The van der Waals surface area contributed by atoms with E-state index in [0.29, 0.717) is 11.8 Å². The highest BCUT2D eigenvalue weighted by Crippen LogP contribution is 2.65. The van der Waals surface area contributed by atoms with Crippen LogP contribution in [0.3, 0.4) is 0 Å². The van der Waals surface area contributed by atoms with Gasteiger partial charge in [-0.15, -0.1) is 6.58 Å². The van der Waals surface area contributed by atoms with E-state index in [9.17, 15) is 5.11 Å². The van der Waals surface area contributed by atoms with E-state index in [0.717, 1.165) is 25.7 Å². The minimum Gasteiger partial charge on any atom is -0.393 e. The van der Waals surface area contributed by atoms with Crippen LogP contribution in [0, 0.1) is 22.7 Å². The van der Waals surface area contributed by atoms with Crippen LogP contribution in [-0.2, 0) is 4.74 Å². The highest BCUT2D eigenvalue weighted by Gasteiger charge is 2.62. The molecule has 0 amide bonds. The number of hydrogen-bond donors (Lipinski definition) is 1. The predicted molar refractivity (Wildman–Crippen MR) is 90.7 cm³/mol. The molecule has 0 aromatic rings. The average Bonchev–Trinajstić information content (AvgIpc) is 2.35. The molecule has 2 aliphatic carbocycles. The molecule has 0 radical (unpaired) electrons. The molecule has 0 unspecified atom stereocenters. The van der Waals surface area contributed by atoms with E-state index in [1.165, 1.54) is 12.8 Å². The number of ether oxygens (including phenoxy) is 1. The number of hydrogen-bond acceptors (Lipinski definition) is 2. The van der Waals surface area contributed by atoms with Gasteiger partial charge in [0, 0.05) is 0 Å². The predicted octanol–water partition coefficient (Wildman–Crippen LogP) is 4.71. The Hall–Kier alpha value is -0.340. The Kier molecular flexibility index (Phi) is 3.63. The third kappa shape index (κ3) is 2.29. The first-order valence-corrected chi connectivity index (χ1v) is 9.07. The van der Waals surface area contributed by atoms with Crippen LogP contribution >= 0.6 is 0 Å². The van der Waals surface area contributed by atoms with Crippen molar-refractivity contribution in [3.05, 3.63) is 12.7 Å². The summed E-state index contributed by atoms with van der Waals surface area (Å²) in [5, 5.41) is 10.5. The van der Waals surface area contributed by atoms with Crippen LogP contribution in [0.1, 0.15) is 73.1 Å². The second kappa shape index (κ2) is 4.83. The average molecular weight is 306 g/mol. The smallest absolute Gasteiger partial charge is 0.0839 e. The summed E-state index contributed by atoms with van der Waals surface area (Å²) in [5.41, 5.74) is 0.167. The first-order chi connectivity index (χ1) is 10.0. The van der Waals surface area contributed by atoms with Gasteiger partial charge in [0.15, 0.2) is 0 Å². The molecule has 2 heteroatoms. The van der Waals surface area contributed by atoms with Crippen LogP contribution in [0.2, 0.25) is 0 Å². The minimum atomic E-state index is -0.183. The van der Waals surface area contributed by atoms with Crippen molar-refractivity contribution in [1.29, 1.82) is 0 Å². The third-order valence-corrected chi connectivity index (χ3v) is 7.47. The molecule has 0 spiro atoms. The number of rotatable bonds is 1. The molecule has 22 heavy (non-hydrogen) atoms. The molecule has 1 saturated heterocycles. The molecule has 1 N–H and O–H groups in total. The van der Waals surface area contributed by atoms with Crippen molar-refractivity contribution in [1.82, 2.24) is 0 Å². The summed E-state index contributed by atoms with van der Waals surface area (Å²) in [6, 6.07) is 0. The summed E-state index contributed by atoms with van der Waals surface area (Å²) in [4.78, 5) is 0. The normalized spacial score (nSPS) is 54.2. The fourth-order valence-electron chi connectivity index (χ4n) is 6.69. The van der Waals surface area contributed by atoms with E-state index < -0.39 is 0 Å². The molecule has 2 saturated carbocycles. The third-order valence-electron chi connectivity index (χ3n) is 7.47. The van der Waals surface area contributed by atoms with Gasteiger partial charge in [-0.25, -0.2) is 0 Å². The Morgan fingerprint density at radius 3 is 2.27 bits per heavy atom. The van der Waals surface area contributed by atoms with Crippen LogP contribution in [0.4, 0.5) is 0 Å². The summed E-state index contributed by atoms with van der Waals surface area (Å²) in [6.07, 6.45) is 8.31. The van der Waals surface area contributed by atoms with Crippen molar-refractivity contribution < 1.29 is 9.84 Å². The van der Waals surface area contributed by atoms with E-state index in [1.807, 2.05) is 6.08 Å². The van der Waals surface area contributed by atoms with Crippen LogP contribution in [0.5, 0.6) is 0 Å². The first-order valence-electron chi connectivity index (χ1n) is 9.07. The molecule has 0 aromatic carbocycles. The molecule has 6 atom stereocenters. The van der Waals surface area contributed by atoms with Gasteiger partial charge in [0.2, 0.25) is 0 Å². The zero-order valence-electron chi connectivity index (χ0n) is 15.1. The Bertz CT molecular complexity index is 470. The molecule has 3 fully saturated rings. The molecule has 0 aromatic heterocycles. The fourth-order valence-corrected chi connectivity index (χ4v) is 6.69. The van der Waals surface area contributed by atoms with Crippen molar-refractivity contribution >= 4 is 0 Å². The standard InChI is InChI=1S/C20H34O2/c1-7-18(4)10-8-16-19(5)13-14(21)12-17(2,3)15(19)9-11-20(16,6)22-18/h7,14-16,21H,1,8-13H2,2-6H3/t14-,15+,16-,18+,19+,20-/m1/s1. The maximum absolute atomic E-state index is 10.5. The molecule has 1 aliphatic heterocycles. The van der Waals surface area contributed by atoms with E-state index >= 15 is 0 Å². The topological polar surface area (TPSA) is 29.5 Å². The molecule has 1 heterocycles. The molecule has 126 valence electrons. The molecule has 0 bridgehead atoms. The second-order valence-electron chi connectivity index (χ2n) is 9.67.